The molecule has 0 aliphatic rings. The molecule has 0 aromatic heterocycles. The molecule has 0 radical (unpaired) electrons. The molecule has 1 unspecified atom stereocenters. The number of unbranched alkanes of at least 4 members (excludes halogenated alkanes) is 14. The number of benzene rings is 1. The molecule has 35 heavy (non-hydrogen) atoms. The highest BCUT2D eigenvalue weighted by atomic mass is 35.5. The van der Waals surface area contributed by atoms with E-state index in [-0.39, 0.29) is 25.6 Å². The molecule has 0 aliphatic carbocycles. The lowest BCUT2D eigenvalue weighted by Gasteiger charge is -2.45. The quantitative estimate of drug-likeness (QED) is 0.148. The molecule has 0 aliphatic heterocycles. The molecule has 1 aromatic carbocycles. The normalized spacial score (nSPS) is 12.5. The lowest BCUT2D eigenvalue weighted by atomic mass is 9.94. The average molecular weight is 512 g/mol. The van der Waals surface area contributed by atoms with Gasteiger partial charge in [-0.3, -0.25) is 0 Å². The Balaban J connectivity index is 0.0000116. The molecule has 0 fully saturated rings. The molecule has 0 spiro atoms. The first-order chi connectivity index (χ1) is 16.7. The van der Waals surface area contributed by atoms with Gasteiger partial charge in [0.05, 0.1) is 19.8 Å². The molecule has 1 aromatic rings. The van der Waals surface area contributed by atoms with Gasteiger partial charge in [0.1, 0.15) is 19.1 Å². The van der Waals surface area contributed by atoms with Crippen LogP contribution in [0.3, 0.4) is 0 Å². The summed E-state index contributed by atoms with van der Waals surface area (Å²) in [6.45, 7) is 7.48. The minimum Gasteiger partial charge on any atom is -1.00 e. The Morgan fingerprint density at radius 1 is 0.571 bits per heavy atom. The van der Waals surface area contributed by atoms with Crippen molar-refractivity contribution < 1.29 is 27.1 Å². The molecule has 0 bridgehead atoms. The molecule has 2 N–H and O–H groups in total. The Kier molecular flexibility index (Phi) is 23.4. The Hall–Kier alpha value is -0.610. The maximum absolute atomic E-state index is 10.0. The topological polar surface area (TPSA) is 40.5 Å². The van der Waals surface area contributed by atoms with Gasteiger partial charge in [-0.15, -0.1) is 0 Å². The highest BCUT2D eigenvalue weighted by molar-refractivity contribution is 5.17. The van der Waals surface area contributed by atoms with E-state index >= 15 is 0 Å². The first kappa shape index (κ1) is 34.4. The van der Waals surface area contributed by atoms with Gasteiger partial charge >= 0.3 is 0 Å². The Bertz CT molecular complexity index is 548. The maximum atomic E-state index is 10.0. The van der Waals surface area contributed by atoms with Crippen molar-refractivity contribution in [3.8, 4) is 0 Å². The molecular weight excluding hydrogens is 454 g/mol. The standard InChI is InChI=1S/C31H58NO2.ClH/c1-3-5-7-9-11-12-13-14-15-20-24-31(30-22-18-17-19-23-30)32(26-28-33,27-29-34)25-21-16-10-8-6-4-2;/h17-19,22-23,31,33-34H,3-16,20-21,24-29H2,1-2H3;1H/q+1;/p-1. The summed E-state index contributed by atoms with van der Waals surface area (Å²) in [6, 6.07) is 11.3. The van der Waals surface area contributed by atoms with Crippen molar-refractivity contribution in [2.24, 2.45) is 0 Å². The van der Waals surface area contributed by atoms with Gasteiger partial charge < -0.3 is 27.1 Å². The molecule has 0 heterocycles. The van der Waals surface area contributed by atoms with Crippen LogP contribution in [-0.4, -0.2) is 47.5 Å². The van der Waals surface area contributed by atoms with E-state index in [1.165, 1.54) is 108 Å². The van der Waals surface area contributed by atoms with Crippen LogP contribution in [0.1, 0.15) is 135 Å². The van der Waals surface area contributed by atoms with Gasteiger partial charge in [-0.1, -0.05) is 128 Å². The van der Waals surface area contributed by atoms with Crippen LogP contribution < -0.4 is 12.4 Å². The van der Waals surface area contributed by atoms with Gasteiger partial charge in [0.25, 0.3) is 0 Å². The highest BCUT2D eigenvalue weighted by Gasteiger charge is 2.36. The largest absolute Gasteiger partial charge is 1.00 e. The fourth-order valence-corrected chi connectivity index (χ4v) is 5.67. The summed E-state index contributed by atoms with van der Waals surface area (Å²) in [4.78, 5) is 0. The van der Waals surface area contributed by atoms with Crippen molar-refractivity contribution in [2.75, 3.05) is 32.8 Å². The van der Waals surface area contributed by atoms with Crippen molar-refractivity contribution in [3.05, 3.63) is 35.9 Å². The number of aliphatic hydroxyl groups is 2. The summed E-state index contributed by atoms with van der Waals surface area (Å²) < 4.78 is 0.836. The second-order valence-electron chi connectivity index (χ2n) is 10.5. The predicted octanol–water partition coefficient (Wildman–Crippen LogP) is 5.20. The summed E-state index contributed by atoms with van der Waals surface area (Å²) in [6.07, 6.45) is 22.4. The summed E-state index contributed by atoms with van der Waals surface area (Å²) in [7, 11) is 0. The van der Waals surface area contributed by atoms with E-state index in [4.69, 9.17) is 0 Å². The van der Waals surface area contributed by atoms with E-state index in [1.807, 2.05) is 0 Å². The van der Waals surface area contributed by atoms with E-state index in [2.05, 4.69) is 44.2 Å². The average Bonchev–Trinajstić information content (AvgIpc) is 2.85. The monoisotopic (exact) mass is 511 g/mol. The molecular formula is C31H58ClNO2. The number of aliphatic hydroxyl groups excluding tert-OH is 2. The smallest absolute Gasteiger partial charge is 0.115 e. The van der Waals surface area contributed by atoms with Crippen LogP contribution in [0.4, 0.5) is 0 Å². The summed E-state index contributed by atoms with van der Waals surface area (Å²) in [5, 5.41) is 20.1. The number of hydrogen-bond donors (Lipinski definition) is 2. The maximum Gasteiger partial charge on any atom is 0.115 e. The minimum absolute atomic E-state index is 0. The zero-order chi connectivity index (χ0) is 24.7. The Morgan fingerprint density at radius 3 is 1.46 bits per heavy atom. The molecule has 1 rings (SSSR count). The molecule has 0 amide bonds. The second kappa shape index (κ2) is 23.8. The SMILES string of the molecule is CCCCCCCCCCCCC(c1ccccc1)[N+](CCO)(CCO)CCCCCCCC.[Cl-]. The summed E-state index contributed by atoms with van der Waals surface area (Å²) >= 11 is 0. The minimum atomic E-state index is 0. The van der Waals surface area contributed by atoms with Crippen molar-refractivity contribution in [3.63, 3.8) is 0 Å². The molecule has 1 atom stereocenters. The van der Waals surface area contributed by atoms with Gasteiger partial charge in [0.2, 0.25) is 0 Å². The third kappa shape index (κ3) is 15.3. The molecule has 3 nitrogen and oxygen atoms in total. The number of hydrogen-bond acceptors (Lipinski definition) is 2. The number of quaternary nitrogens is 1. The summed E-state index contributed by atoms with van der Waals surface area (Å²) in [5.41, 5.74) is 1.38. The molecule has 0 saturated carbocycles. The van der Waals surface area contributed by atoms with E-state index in [1.54, 1.807) is 0 Å². The van der Waals surface area contributed by atoms with Crippen LogP contribution in [0.2, 0.25) is 0 Å². The predicted molar refractivity (Wildman–Crippen MR) is 148 cm³/mol. The van der Waals surface area contributed by atoms with Crippen molar-refractivity contribution >= 4 is 0 Å². The van der Waals surface area contributed by atoms with Crippen LogP contribution in [0.25, 0.3) is 0 Å². The first-order valence-corrected chi connectivity index (χ1v) is 14.9. The van der Waals surface area contributed by atoms with Crippen LogP contribution in [0.5, 0.6) is 0 Å². The van der Waals surface area contributed by atoms with Gasteiger partial charge in [0, 0.05) is 12.0 Å². The van der Waals surface area contributed by atoms with Crippen LogP contribution in [0.15, 0.2) is 30.3 Å². The zero-order valence-corrected chi connectivity index (χ0v) is 24.0. The summed E-state index contributed by atoms with van der Waals surface area (Å²) in [5.74, 6) is 0. The number of halogens is 1. The van der Waals surface area contributed by atoms with Crippen molar-refractivity contribution in [1.29, 1.82) is 0 Å². The third-order valence-electron chi connectivity index (χ3n) is 7.72. The van der Waals surface area contributed by atoms with E-state index in [0.29, 0.717) is 6.04 Å². The van der Waals surface area contributed by atoms with Crippen LogP contribution in [0, 0.1) is 0 Å². The van der Waals surface area contributed by atoms with Crippen LogP contribution in [-0.2, 0) is 0 Å². The van der Waals surface area contributed by atoms with E-state index in [9.17, 15) is 10.2 Å². The lowest BCUT2D eigenvalue weighted by molar-refractivity contribution is -0.958. The van der Waals surface area contributed by atoms with E-state index in [0.717, 1.165) is 30.5 Å². The molecule has 206 valence electrons. The third-order valence-corrected chi connectivity index (χ3v) is 7.72. The van der Waals surface area contributed by atoms with Gasteiger partial charge in [-0.2, -0.15) is 0 Å². The fourth-order valence-electron chi connectivity index (χ4n) is 5.67. The number of nitrogens with zero attached hydrogens (tertiary/aromatic N) is 1. The van der Waals surface area contributed by atoms with Crippen LogP contribution >= 0.6 is 0 Å². The van der Waals surface area contributed by atoms with Crippen molar-refractivity contribution in [2.45, 2.75) is 129 Å². The molecule has 4 heteroatoms. The van der Waals surface area contributed by atoms with Gasteiger partial charge in [0.15, 0.2) is 0 Å². The molecule has 0 saturated heterocycles. The lowest BCUT2D eigenvalue weighted by Crippen LogP contribution is -3.00. The van der Waals surface area contributed by atoms with Crippen molar-refractivity contribution in [1.82, 2.24) is 0 Å². The fraction of sp³-hybridized carbons (Fsp3) is 0.806. The second-order valence-corrected chi connectivity index (χ2v) is 10.5. The van der Waals surface area contributed by atoms with E-state index < -0.39 is 0 Å². The number of rotatable bonds is 24. The highest BCUT2D eigenvalue weighted by Crippen LogP contribution is 2.34. The van der Waals surface area contributed by atoms with Gasteiger partial charge in [-0.25, -0.2) is 0 Å². The Morgan fingerprint density at radius 2 is 1.00 bits per heavy atom. The van der Waals surface area contributed by atoms with Gasteiger partial charge in [-0.05, 0) is 19.3 Å². The Labute approximate surface area is 224 Å². The zero-order valence-electron chi connectivity index (χ0n) is 23.2. The first-order valence-electron chi connectivity index (χ1n) is 14.9.